The van der Waals surface area contributed by atoms with E-state index in [1.54, 1.807) is 0 Å². The predicted molar refractivity (Wildman–Crippen MR) is 131 cm³/mol. The maximum atomic E-state index is 12.0. The number of hydrogen-bond donors (Lipinski definition) is 2. The average molecular weight is 447 g/mol. The first-order chi connectivity index (χ1) is 15.6. The summed E-state index contributed by atoms with van der Waals surface area (Å²) < 4.78 is 2.01. The summed E-state index contributed by atoms with van der Waals surface area (Å²) in [6, 6.07) is 20.1. The lowest BCUT2D eigenvalue weighted by Gasteiger charge is -2.43. The van der Waals surface area contributed by atoms with Crippen molar-refractivity contribution in [1.82, 2.24) is 14.7 Å². The molecular formula is C26H30N4OS. The van der Waals surface area contributed by atoms with Crippen LogP contribution in [-0.2, 0) is 12.1 Å². The van der Waals surface area contributed by atoms with Crippen molar-refractivity contribution >= 4 is 23.0 Å². The van der Waals surface area contributed by atoms with Crippen LogP contribution in [0.3, 0.4) is 0 Å². The summed E-state index contributed by atoms with van der Waals surface area (Å²) in [5.74, 6) is 0.911. The molecule has 0 spiro atoms. The number of thiocarbonyl (C=S) groups is 1. The summed E-state index contributed by atoms with van der Waals surface area (Å²) in [6.45, 7) is 2.63. The van der Waals surface area contributed by atoms with Crippen molar-refractivity contribution < 1.29 is 5.11 Å². The Hall–Kier alpha value is -2.70. The van der Waals surface area contributed by atoms with E-state index in [1.165, 1.54) is 12.8 Å². The molecule has 166 valence electrons. The zero-order chi connectivity index (χ0) is 22.0. The van der Waals surface area contributed by atoms with Crippen molar-refractivity contribution in [2.24, 2.45) is 11.8 Å². The molecule has 32 heavy (non-hydrogen) atoms. The van der Waals surface area contributed by atoms with E-state index >= 15 is 0 Å². The molecule has 2 fully saturated rings. The third-order valence-electron chi connectivity index (χ3n) is 6.83. The van der Waals surface area contributed by atoms with E-state index in [1.807, 2.05) is 77.7 Å². The van der Waals surface area contributed by atoms with Gasteiger partial charge in [0.2, 0.25) is 0 Å². The van der Waals surface area contributed by atoms with Crippen LogP contribution >= 0.6 is 12.2 Å². The Balaban J connectivity index is 1.26. The number of nitrogens with one attached hydrogen (secondary N) is 1. The van der Waals surface area contributed by atoms with Gasteiger partial charge in [0.15, 0.2) is 5.11 Å². The van der Waals surface area contributed by atoms with Crippen LogP contribution in [0.15, 0.2) is 73.1 Å². The van der Waals surface area contributed by atoms with Gasteiger partial charge in [-0.25, -0.2) is 0 Å². The van der Waals surface area contributed by atoms with Crippen LogP contribution in [0, 0.1) is 11.8 Å². The summed E-state index contributed by atoms with van der Waals surface area (Å²) in [4.78, 5) is 2.21. The minimum Gasteiger partial charge on any atom is -0.380 e. The van der Waals surface area contributed by atoms with Crippen LogP contribution in [0.1, 0.15) is 36.8 Å². The minimum atomic E-state index is -1.01. The molecule has 2 aromatic carbocycles. The van der Waals surface area contributed by atoms with Gasteiger partial charge in [0, 0.05) is 25.8 Å². The van der Waals surface area contributed by atoms with Gasteiger partial charge in [0.25, 0.3) is 0 Å². The number of benzene rings is 2. The summed E-state index contributed by atoms with van der Waals surface area (Å²) in [5, 5.41) is 20.6. The van der Waals surface area contributed by atoms with Gasteiger partial charge in [0.1, 0.15) is 5.60 Å². The molecule has 2 N–H and O–H groups in total. The molecule has 5 rings (SSSR count). The van der Waals surface area contributed by atoms with Gasteiger partial charge >= 0.3 is 0 Å². The summed E-state index contributed by atoms with van der Waals surface area (Å²) in [7, 11) is 0. The van der Waals surface area contributed by atoms with Gasteiger partial charge in [-0.2, -0.15) is 5.10 Å². The SMILES string of the molecule is OC(c1ccccc1)(c1ccccc1)C1CCN(C(=S)Nc2cnn(CC3CC3)c2)CC1. The molecule has 5 nitrogen and oxygen atoms in total. The van der Waals surface area contributed by atoms with Gasteiger partial charge < -0.3 is 15.3 Å². The van der Waals surface area contributed by atoms with Crippen molar-refractivity contribution in [1.29, 1.82) is 0 Å². The number of aromatic nitrogens is 2. The highest BCUT2D eigenvalue weighted by Gasteiger charge is 2.41. The molecule has 0 radical (unpaired) electrons. The smallest absolute Gasteiger partial charge is 0.173 e. The zero-order valence-corrected chi connectivity index (χ0v) is 19.0. The number of likely N-dealkylation sites (tertiary alicyclic amines) is 1. The van der Waals surface area contributed by atoms with E-state index in [4.69, 9.17) is 12.2 Å². The molecule has 1 saturated carbocycles. The molecule has 2 aliphatic rings. The Kier molecular flexibility index (Phi) is 5.98. The van der Waals surface area contributed by atoms with Crippen molar-refractivity contribution in [3.05, 3.63) is 84.2 Å². The zero-order valence-electron chi connectivity index (χ0n) is 18.2. The normalized spacial score (nSPS) is 17.3. The predicted octanol–water partition coefficient (Wildman–Crippen LogP) is 4.64. The lowest BCUT2D eigenvalue weighted by atomic mass is 9.72. The topological polar surface area (TPSA) is 53.3 Å². The van der Waals surface area contributed by atoms with Crippen LogP contribution < -0.4 is 5.32 Å². The lowest BCUT2D eigenvalue weighted by molar-refractivity contribution is -0.00631. The van der Waals surface area contributed by atoms with E-state index in [0.29, 0.717) is 0 Å². The van der Waals surface area contributed by atoms with E-state index < -0.39 is 5.60 Å². The first kappa shape index (κ1) is 21.2. The van der Waals surface area contributed by atoms with E-state index in [9.17, 15) is 5.11 Å². The van der Waals surface area contributed by atoms with Crippen LogP contribution in [0.5, 0.6) is 0 Å². The molecule has 0 bridgehead atoms. The Bertz CT molecular complexity index is 1000. The van der Waals surface area contributed by atoms with E-state index in [0.717, 1.165) is 60.3 Å². The number of piperidine rings is 1. The Labute approximate surface area is 195 Å². The number of aliphatic hydroxyl groups is 1. The van der Waals surface area contributed by atoms with Crippen molar-refractivity contribution in [2.75, 3.05) is 18.4 Å². The second kappa shape index (κ2) is 9.04. The second-order valence-corrected chi connectivity index (χ2v) is 9.47. The van der Waals surface area contributed by atoms with Crippen LogP contribution in [0.2, 0.25) is 0 Å². The molecule has 3 aromatic rings. The molecule has 1 aliphatic carbocycles. The molecular weight excluding hydrogens is 416 g/mol. The maximum Gasteiger partial charge on any atom is 0.173 e. The first-order valence-electron chi connectivity index (χ1n) is 11.5. The molecule has 1 saturated heterocycles. The summed E-state index contributed by atoms with van der Waals surface area (Å²) >= 11 is 5.70. The fraction of sp³-hybridized carbons (Fsp3) is 0.385. The molecule has 0 amide bonds. The highest BCUT2D eigenvalue weighted by molar-refractivity contribution is 7.80. The second-order valence-electron chi connectivity index (χ2n) is 9.08. The molecule has 0 atom stereocenters. The lowest BCUT2D eigenvalue weighted by Crippen LogP contribution is -2.47. The Morgan fingerprint density at radius 1 is 0.969 bits per heavy atom. The average Bonchev–Trinajstić information content (AvgIpc) is 3.56. The van der Waals surface area contributed by atoms with Crippen LogP contribution in [-0.4, -0.2) is 38.0 Å². The monoisotopic (exact) mass is 446 g/mol. The molecule has 0 unspecified atom stereocenters. The number of hydrogen-bond acceptors (Lipinski definition) is 3. The minimum absolute atomic E-state index is 0.118. The highest BCUT2D eigenvalue weighted by atomic mass is 32.1. The third-order valence-corrected chi connectivity index (χ3v) is 7.19. The van der Waals surface area contributed by atoms with Gasteiger partial charge in [-0.05, 0) is 60.9 Å². The molecule has 6 heteroatoms. The Morgan fingerprint density at radius 2 is 1.56 bits per heavy atom. The molecule has 1 aliphatic heterocycles. The molecule has 1 aromatic heterocycles. The van der Waals surface area contributed by atoms with Crippen molar-refractivity contribution in [2.45, 2.75) is 37.8 Å². The summed E-state index contributed by atoms with van der Waals surface area (Å²) in [5.41, 5.74) is 1.85. The van der Waals surface area contributed by atoms with Gasteiger partial charge in [-0.3, -0.25) is 4.68 Å². The number of nitrogens with zero attached hydrogens (tertiary/aromatic N) is 3. The highest BCUT2D eigenvalue weighted by Crippen LogP contribution is 2.42. The van der Waals surface area contributed by atoms with Crippen LogP contribution in [0.25, 0.3) is 0 Å². The Morgan fingerprint density at radius 3 is 2.12 bits per heavy atom. The van der Waals surface area contributed by atoms with Crippen LogP contribution in [0.4, 0.5) is 5.69 Å². The standard InChI is InChI=1S/C26H30N4OS/c31-26(21-7-3-1-4-8-21,22-9-5-2-6-10-22)23-13-15-29(16-14-23)25(32)28-24-17-27-30(19-24)18-20-11-12-20/h1-10,17,19-20,23,31H,11-16,18H2,(H,28,32). The number of anilines is 1. The largest absolute Gasteiger partial charge is 0.380 e. The number of rotatable bonds is 6. The third kappa shape index (κ3) is 4.43. The van der Waals surface area contributed by atoms with Gasteiger partial charge in [-0.15, -0.1) is 0 Å². The van der Waals surface area contributed by atoms with E-state index in [-0.39, 0.29) is 5.92 Å². The summed E-state index contributed by atoms with van der Waals surface area (Å²) in [6.07, 6.45) is 8.25. The van der Waals surface area contributed by atoms with Crippen molar-refractivity contribution in [3.8, 4) is 0 Å². The fourth-order valence-corrected chi connectivity index (χ4v) is 5.12. The first-order valence-corrected chi connectivity index (χ1v) is 12.0. The molecule has 2 heterocycles. The fourth-order valence-electron chi connectivity index (χ4n) is 4.82. The van der Waals surface area contributed by atoms with Gasteiger partial charge in [-0.1, -0.05) is 60.7 Å². The quantitative estimate of drug-likeness (QED) is 0.541. The maximum absolute atomic E-state index is 12.0. The van der Waals surface area contributed by atoms with Gasteiger partial charge in [0.05, 0.1) is 11.9 Å². The van der Waals surface area contributed by atoms with Crippen molar-refractivity contribution in [3.63, 3.8) is 0 Å². The van der Waals surface area contributed by atoms with E-state index in [2.05, 4.69) is 15.3 Å².